The molecule has 0 unspecified atom stereocenters. The fourth-order valence-electron chi connectivity index (χ4n) is 2.82. The van der Waals surface area contributed by atoms with Gasteiger partial charge in [-0.1, -0.05) is 29.8 Å². The molecule has 1 heterocycles. The molecule has 0 amide bonds. The fraction of sp³-hybridized carbons (Fsp3) is 0.238. The summed E-state index contributed by atoms with van der Waals surface area (Å²) >= 11 is 0. The second kappa shape index (κ2) is 8.18. The van der Waals surface area contributed by atoms with Gasteiger partial charge in [0.05, 0.1) is 4.90 Å². The van der Waals surface area contributed by atoms with Crippen LogP contribution in [0.4, 0.5) is 0 Å². The van der Waals surface area contributed by atoms with Gasteiger partial charge in [0.25, 0.3) is 0 Å². The predicted molar refractivity (Wildman–Crippen MR) is 108 cm³/mol. The fourth-order valence-corrected chi connectivity index (χ4v) is 3.93. The maximum atomic E-state index is 12.6. The van der Waals surface area contributed by atoms with Gasteiger partial charge in [-0.3, -0.25) is 4.79 Å². The van der Waals surface area contributed by atoms with Gasteiger partial charge in [0.1, 0.15) is 18.7 Å². The lowest BCUT2D eigenvalue weighted by atomic mass is 10.1. The molecular weight excluding hydrogens is 394 g/mol. The van der Waals surface area contributed by atoms with Crippen molar-refractivity contribution in [3.8, 4) is 0 Å². The number of nitrogens with zero attached hydrogens (tertiary/aromatic N) is 1. The number of esters is 1. The van der Waals surface area contributed by atoms with Crippen LogP contribution in [-0.2, 0) is 26.2 Å². The summed E-state index contributed by atoms with van der Waals surface area (Å²) in [5.74, 6) is -0.725. The summed E-state index contributed by atoms with van der Waals surface area (Å²) in [5, 5.41) is 0.656. The van der Waals surface area contributed by atoms with Crippen LogP contribution in [0.5, 0.6) is 0 Å². The number of aryl methyl sites for hydroxylation is 2. The molecule has 1 aromatic heterocycles. The largest absolute Gasteiger partial charge is 0.460 e. The van der Waals surface area contributed by atoms with Gasteiger partial charge in [-0.2, -0.15) is 4.31 Å². The molecule has 29 heavy (non-hydrogen) atoms. The average Bonchev–Trinajstić information content (AvgIpc) is 2.65. The third kappa shape index (κ3) is 4.72. The van der Waals surface area contributed by atoms with Crippen molar-refractivity contribution in [2.75, 3.05) is 13.6 Å². The van der Waals surface area contributed by atoms with E-state index in [0.29, 0.717) is 16.5 Å². The molecule has 0 aliphatic carbocycles. The van der Waals surface area contributed by atoms with E-state index >= 15 is 0 Å². The quantitative estimate of drug-likeness (QED) is 0.454. The van der Waals surface area contributed by atoms with Crippen molar-refractivity contribution in [2.45, 2.75) is 25.3 Å². The molecule has 0 aliphatic rings. The van der Waals surface area contributed by atoms with Gasteiger partial charge in [-0.25, -0.2) is 13.2 Å². The van der Waals surface area contributed by atoms with E-state index in [9.17, 15) is 18.0 Å². The SMILES string of the molecule is Cc1ccc(S(=O)(=O)N(C)CC(=O)OCc2cc(=O)oc3cc(C)ccc23)cc1. The Morgan fingerprint density at radius 2 is 1.69 bits per heavy atom. The minimum absolute atomic E-state index is 0.0976. The Morgan fingerprint density at radius 1 is 1.03 bits per heavy atom. The van der Waals surface area contributed by atoms with Crippen molar-refractivity contribution in [3.05, 3.63) is 75.6 Å². The van der Waals surface area contributed by atoms with Crippen LogP contribution >= 0.6 is 0 Å². The smallest absolute Gasteiger partial charge is 0.336 e. The number of hydrogen-bond acceptors (Lipinski definition) is 6. The van der Waals surface area contributed by atoms with E-state index in [1.807, 2.05) is 19.9 Å². The van der Waals surface area contributed by atoms with E-state index in [2.05, 4.69) is 0 Å². The zero-order chi connectivity index (χ0) is 21.2. The van der Waals surface area contributed by atoms with Crippen LogP contribution in [-0.4, -0.2) is 32.3 Å². The third-order valence-electron chi connectivity index (χ3n) is 4.46. The minimum atomic E-state index is -3.81. The second-order valence-corrected chi connectivity index (χ2v) is 8.87. The lowest BCUT2D eigenvalue weighted by Crippen LogP contribution is -2.33. The zero-order valence-corrected chi connectivity index (χ0v) is 17.2. The molecule has 7 nitrogen and oxygen atoms in total. The Balaban J connectivity index is 1.71. The van der Waals surface area contributed by atoms with Crippen molar-refractivity contribution >= 4 is 27.0 Å². The molecular formula is C21H21NO6S. The summed E-state index contributed by atoms with van der Waals surface area (Å²) in [6.07, 6.45) is 0. The van der Waals surface area contributed by atoms with E-state index in [1.54, 1.807) is 24.3 Å². The molecule has 0 bridgehead atoms. The Bertz CT molecular complexity index is 1210. The number of carbonyl (C=O) groups is 1. The number of fused-ring (bicyclic) bond motifs is 1. The maximum Gasteiger partial charge on any atom is 0.336 e. The Kier molecular flexibility index (Phi) is 5.86. The van der Waals surface area contributed by atoms with Gasteiger partial charge in [0, 0.05) is 24.1 Å². The number of sulfonamides is 1. The van der Waals surface area contributed by atoms with Gasteiger partial charge in [0.2, 0.25) is 10.0 Å². The van der Waals surface area contributed by atoms with Gasteiger partial charge in [-0.05, 0) is 37.6 Å². The molecule has 0 fully saturated rings. The highest BCUT2D eigenvalue weighted by molar-refractivity contribution is 7.89. The van der Waals surface area contributed by atoms with Crippen LogP contribution in [0.15, 0.2) is 62.6 Å². The molecule has 0 atom stereocenters. The number of ether oxygens (including phenoxy) is 1. The molecule has 2 aromatic carbocycles. The number of hydrogen-bond donors (Lipinski definition) is 0. The summed E-state index contributed by atoms with van der Waals surface area (Å²) in [5.41, 5.74) is 2.21. The molecule has 0 radical (unpaired) electrons. The van der Waals surface area contributed by atoms with Gasteiger partial charge in [0.15, 0.2) is 0 Å². The van der Waals surface area contributed by atoms with Crippen LogP contribution in [0.3, 0.4) is 0 Å². The van der Waals surface area contributed by atoms with E-state index in [1.165, 1.54) is 25.2 Å². The minimum Gasteiger partial charge on any atom is -0.460 e. The highest BCUT2D eigenvalue weighted by Crippen LogP contribution is 2.19. The Morgan fingerprint density at radius 3 is 2.38 bits per heavy atom. The molecule has 0 aliphatic heterocycles. The summed E-state index contributed by atoms with van der Waals surface area (Å²) in [7, 11) is -2.50. The Labute approximate surface area is 168 Å². The summed E-state index contributed by atoms with van der Waals surface area (Å²) in [6, 6.07) is 13.0. The molecule has 152 valence electrons. The van der Waals surface area contributed by atoms with E-state index in [0.717, 1.165) is 15.4 Å². The van der Waals surface area contributed by atoms with Crippen LogP contribution < -0.4 is 5.63 Å². The van der Waals surface area contributed by atoms with E-state index in [4.69, 9.17) is 9.15 Å². The highest BCUT2D eigenvalue weighted by atomic mass is 32.2. The molecule has 0 saturated heterocycles. The van der Waals surface area contributed by atoms with Gasteiger partial charge in [-0.15, -0.1) is 0 Å². The van der Waals surface area contributed by atoms with Crippen molar-refractivity contribution in [1.82, 2.24) is 4.31 Å². The number of benzene rings is 2. The molecule has 0 N–H and O–H groups in total. The van der Waals surface area contributed by atoms with Gasteiger partial charge < -0.3 is 9.15 Å². The lowest BCUT2D eigenvalue weighted by molar-refractivity contribution is -0.144. The third-order valence-corrected chi connectivity index (χ3v) is 6.27. The topological polar surface area (TPSA) is 93.9 Å². The second-order valence-electron chi connectivity index (χ2n) is 6.83. The molecule has 8 heteroatoms. The van der Waals surface area contributed by atoms with Crippen LogP contribution in [0.2, 0.25) is 0 Å². The van der Waals surface area contributed by atoms with Crippen LogP contribution in [0, 0.1) is 13.8 Å². The highest BCUT2D eigenvalue weighted by Gasteiger charge is 2.23. The number of carbonyl (C=O) groups excluding carboxylic acids is 1. The lowest BCUT2D eigenvalue weighted by Gasteiger charge is -2.16. The maximum absolute atomic E-state index is 12.6. The molecule has 0 spiro atoms. The van der Waals surface area contributed by atoms with Crippen LogP contribution in [0.1, 0.15) is 16.7 Å². The predicted octanol–water partition coefficient (Wildman–Crippen LogP) is 2.77. The van der Waals surface area contributed by atoms with Crippen molar-refractivity contribution in [2.24, 2.45) is 0 Å². The number of likely N-dealkylation sites (N-methyl/N-ethyl adjacent to an activating group) is 1. The summed E-state index contributed by atoms with van der Waals surface area (Å²) < 4.78 is 36.5. The first-order chi connectivity index (χ1) is 13.7. The first-order valence-corrected chi connectivity index (χ1v) is 10.3. The summed E-state index contributed by atoms with van der Waals surface area (Å²) in [4.78, 5) is 24.1. The average molecular weight is 415 g/mol. The number of rotatable bonds is 6. The van der Waals surface area contributed by atoms with E-state index in [-0.39, 0.29) is 11.5 Å². The summed E-state index contributed by atoms with van der Waals surface area (Å²) in [6.45, 7) is 3.11. The van der Waals surface area contributed by atoms with E-state index < -0.39 is 28.2 Å². The van der Waals surface area contributed by atoms with Crippen LogP contribution in [0.25, 0.3) is 11.0 Å². The monoisotopic (exact) mass is 415 g/mol. The molecule has 3 rings (SSSR count). The first-order valence-electron chi connectivity index (χ1n) is 8.89. The standard InChI is InChI=1S/C21H21NO6S/c1-14-4-7-17(8-5-14)29(25,26)22(3)12-21(24)27-13-16-11-20(23)28-19-10-15(2)6-9-18(16)19/h4-11H,12-13H2,1-3H3. The van der Waals surface area contributed by atoms with Crippen molar-refractivity contribution in [3.63, 3.8) is 0 Å². The normalized spacial score (nSPS) is 11.7. The first kappa shape index (κ1) is 20.8. The van der Waals surface area contributed by atoms with Gasteiger partial charge >= 0.3 is 11.6 Å². The van der Waals surface area contributed by atoms with Crippen molar-refractivity contribution < 1.29 is 22.4 Å². The molecule has 0 saturated carbocycles. The van der Waals surface area contributed by atoms with Crippen molar-refractivity contribution in [1.29, 1.82) is 0 Å². The molecule has 3 aromatic rings. The Hall–Kier alpha value is -2.97. The zero-order valence-electron chi connectivity index (χ0n) is 16.3.